The summed E-state index contributed by atoms with van der Waals surface area (Å²) in [5.74, 6) is 0.281. The molecule has 0 saturated carbocycles. The van der Waals surface area contributed by atoms with Crippen molar-refractivity contribution in [3.05, 3.63) is 0 Å². The van der Waals surface area contributed by atoms with Gasteiger partial charge in [-0.15, -0.1) is 24.0 Å². The summed E-state index contributed by atoms with van der Waals surface area (Å²) in [6.45, 7) is 12.1. The summed E-state index contributed by atoms with van der Waals surface area (Å²) in [5, 5.41) is 8.88. The van der Waals surface area contributed by atoms with E-state index in [2.05, 4.69) is 25.7 Å². The van der Waals surface area contributed by atoms with Gasteiger partial charge in [0.2, 0.25) is 15.9 Å². The Morgan fingerprint density at radius 1 is 1.08 bits per heavy atom. The fourth-order valence-electron chi connectivity index (χ4n) is 1.79. The summed E-state index contributed by atoms with van der Waals surface area (Å²) in [5.41, 5.74) is -0.989. The molecule has 144 valence electrons. The lowest BCUT2D eigenvalue weighted by molar-refractivity contribution is -0.121. The van der Waals surface area contributed by atoms with Crippen LogP contribution in [0.1, 0.15) is 41.5 Å². The van der Waals surface area contributed by atoms with Crippen molar-refractivity contribution in [2.75, 3.05) is 25.9 Å². The minimum absolute atomic E-state index is 0. The van der Waals surface area contributed by atoms with Crippen LogP contribution in [0.25, 0.3) is 0 Å². The number of aliphatic imine (C=N–C) groups is 1. The van der Waals surface area contributed by atoms with Crippen LogP contribution >= 0.6 is 24.0 Å². The Labute approximate surface area is 163 Å². The van der Waals surface area contributed by atoms with Crippen molar-refractivity contribution in [1.29, 1.82) is 0 Å². The van der Waals surface area contributed by atoms with Gasteiger partial charge >= 0.3 is 0 Å². The van der Waals surface area contributed by atoms with Gasteiger partial charge in [-0.2, -0.15) is 0 Å². The Morgan fingerprint density at radius 3 is 2.04 bits per heavy atom. The topological polar surface area (TPSA) is 112 Å². The number of hydrogen-bond donors (Lipinski definition) is 4. The van der Waals surface area contributed by atoms with Crippen molar-refractivity contribution in [3.8, 4) is 0 Å². The first-order valence-electron chi connectivity index (χ1n) is 7.56. The van der Waals surface area contributed by atoms with E-state index in [1.165, 1.54) is 0 Å². The van der Waals surface area contributed by atoms with E-state index in [0.29, 0.717) is 19.0 Å². The van der Waals surface area contributed by atoms with Crippen LogP contribution in [-0.2, 0) is 14.8 Å². The van der Waals surface area contributed by atoms with E-state index in [1.54, 1.807) is 13.8 Å². The van der Waals surface area contributed by atoms with Crippen LogP contribution in [0.15, 0.2) is 4.99 Å². The molecule has 0 bridgehead atoms. The van der Waals surface area contributed by atoms with Crippen LogP contribution in [0.5, 0.6) is 0 Å². The summed E-state index contributed by atoms with van der Waals surface area (Å²) >= 11 is 0. The quantitative estimate of drug-likeness (QED) is 0.241. The van der Waals surface area contributed by atoms with Crippen LogP contribution in [-0.4, -0.2) is 57.3 Å². The standard InChI is InChI=1S/C14H31N5O3S.HI/c1-8-15-12(16-9-11(20)18-13(2,3)4)17-10-14(5,6)19-23(7,21)22;/h19H,8-10H2,1-7H3,(H,18,20)(H2,15,16,17);1H. The van der Waals surface area contributed by atoms with Gasteiger partial charge in [-0.3, -0.25) is 4.79 Å². The van der Waals surface area contributed by atoms with Crippen LogP contribution < -0.4 is 20.7 Å². The van der Waals surface area contributed by atoms with Crippen LogP contribution in [0, 0.1) is 0 Å². The molecular formula is C14H32IN5O3S. The second-order valence-electron chi connectivity index (χ2n) is 7.11. The molecule has 0 fully saturated rings. The lowest BCUT2D eigenvalue weighted by Crippen LogP contribution is -2.53. The maximum atomic E-state index is 11.8. The highest BCUT2D eigenvalue weighted by Gasteiger charge is 2.22. The third kappa shape index (κ3) is 14.9. The van der Waals surface area contributed by atoms with Gasteiger partial charge in [0.25, 0.3) is 0 Å². The molecule has 24 heavy (non-hydrogen) atoms. The Kier molecular flexibility index (Phi) is 11.1. The molecule has 0 aromatic carbocycles. The lowest BCUT2D eigenvalue weighted by atomic mass is 10.1. The summed E-state index contributed by atoms with van der Waals surface area (Å²) in [4.78, 5) is 16.0. The highest BCUT2D eigenvalue weighted by molar-refractivity contribution is 14.0. The van der Waals surface area contributed by atoms with E-state index in [1.807, 2.05) is 27.7 Å². The van der Waals surface area contributed by atoms with Gasteiger partial charge in [0.15, 0.2) is 5.96 Å². The van der Waals surface area contributed by atoms with E-state index in [4.69, 9.17) is 0 Å². The fourth-order valence-corrected chi connectivity index (χ4v) is 2.87. The van der Waals surface area contributed by atoms with Gasteiger partial charge in [-0.1, -0.05) is 0 Å². The maximum Gasteiger partial charge on any atom is 0.242 e. The third-order valence-corrected chi connectivity index (χ3v) is 3.32. The molecule has 0 aliphatic rings. The Balaban J connectivity index is 0. The van der Waals surface area contributed by atoms with Crippen molar-refractivity contribution in [1.82, 2.24) is 20.7 Å². The Hall–Kier alpha value is -0.620. The van der Waals surface area contributed by atoms with Gasteiger partial charge in [-0.05, 0) is 41.5 Å². The van der Waals surface area contributed by atoms with E-state index in [9.17, 15) is 13.2 Å². The van der Waals surface area contributed by atoms with Crippen LogP contribution in [0.4, 0.5) is 0 Å². The fraction of sp³-hybridized carbons (Fsp3) is 0.857. The van der Waals surface area contributed by atoms with Crippen molar-refractivity contribution in [3.63, 3.8) is 0 Å². The molecule has 0 aliphatic carbocycles. The summed E-state index contributed by atoms with van der Waals surface area (Å²) in [6.07, 6.45) is 1.12. The number of nitrogens with zero attached hydrogens (tertiary/aromatic N) is 1. The summed E-state index contributed by atoms with van der Waals surface area (Å²) in [7, 11) is -3.30. The SMILES string of the molecule is CCNC(=NCC(=O)NC(C)(C)C)NCC(C)(C)NS(C)(=O)=O.I. The molecule has 4 N–H and O–H groups in total. The molecule has 0 aromatic heterocycles. The first kappa shape index (κ1) is 25.6. The first-order chi connectivity index (χ1) is 10.2. The highest BCUT2D eigenvalue weighted by Crippen LogP contribution is 2.02. The van der Waals surface area contributed by atoms with Gasteiger partial charge in [0.1, 0.15) is 6.54 Å². The Bertz CT molecular complexity index is 527. The highest BCUT2D eigenvalue weighted by atomic mass is 127. The zero-order chi connectivity index (χ0) is 18.3. The molecule has 1 amide bonds. The van der Waals surface area contributed by atoms with Gasteiger partial charge in [0, 0.05) is 24.2 Å². The van der Waals surface area contributed by atoms with Crippen molar-refractivity contribution in [2.45, 2.75) is 52.6 Å². The first-order valence-corrected chi connectivity index (χ1v) is 9.45. The second kappa shape index (κ2) is 10.4. The molecule has 0 unspecified atom stereocenters. The molecule has 0 saturated heterocycles. The number of amides is 1. The van der Waals surface area contributed by atoms with E-state index in [0.717, 1.165) is 6.26 Å². The molecule has 0 rings (SSSR count). The maximum absolute atomic E-state index is 11.8. The largest absolute Gasteiger partial charge is 0.357 e. The third-order valence-electron chi connectivity index (χ3n) is 2.40. The summed E-state index contributed by atoms with van der Waals surface area (Å²) in [6, 6.07) is 0. The molecule has 0 spiro atoms. The van der Waals surface area contributed by atoms with E-state index in [-0.39, 0.29) is 42.0 Å². The zero-order valence-electron chi connectivity index (χ0n) is 15.6. The molecule has 8 nitrogen and oxygen atoms in total. The minimum atomic E-state index is -3.30. The number of hydrogen-bond acceptors (Lipinski definition) is 4. The number of rotatable bonds is 7. The number of halogens is 1. The van der Waals surface area contributed by atoms with Crippen LogP contribution in [0.3, 0.4) is 0 Å². The Morgan fingerprint density at radius 2 is 1.62 bits per heavy atom. The number of sulfonamides is 1. The number of guanidine groups is 1. The second-order valence-corrected chi connectivity index (χ2v) is 8.85. The average molecular weight is 477 g/mol. The summed E-state index contributed by atoms with van der Waals surface area (Å²) < 4.78 is 25.2. The van der Waals surface area contributed by atoms with Crippen LogP contribution in [0.2, 0.25) is 0 Å². The molecule has 0 radical (unpaired) electrons. The number of nitrogens with one attached hydrogen (secondary N) is 4. The average Bonchev–Trinajstić information content (AvgIpc) is 2.27. The monoisotopic (exact) mass is 477 g/mol. The molecular weight excluding hydrogens is 445 g/mol. The van der Waals surface area contributed by atoms with Gasteiger partial charge in [-0.25, -0.2) is 18.1 Å². The molecule has 0 atom stereocenters. The van der Waals surface area contributed by atoms with E-state index < -0.39 is 15.6 Å². The minimum Gasteiger partial charge on any atom is -0.357 e. The van der Waals surface area contributed by atoms with Gasteiger partial charge < -0.3 is 16.0 Å². The molecule has 0 aromatic rings. The van der Waals surface area contributed by atoms with Crippen molar-refractivity contribution < 1.29 is 13.2 Å². The predicted octanol–water partition coefficient (Wildman–Crippen LogP) is 0.402. The molecule has 10 heteroatoms. The zero-order valence-corrected chi connectivity index (χ0v) is 18.8. The normalized spacial score (nSPS) is 13.0. The smallest absolute Gasteiger partial charge is 0.242 e. The number of carbonyl (C=O) groups excluding carboxylic acids is 1. The predicted molar refractivity (Wildman–Crippen MR) is 109 cm³/mol. The lowest BCUT2D eigenvalue weighted by Gasteiger charge is -2.26. The number of carbonyl (C=O) groups is 1. The molecule has 0 heterocycles. The van der Waals surface area contributed by atoms with Crippen molar-refractivity contribution >= 4 is 45.9 Å². The molecule has 0 aliphatic heterocycles. The van der Waals surface area contributed by atoms with Crippen molar-refractivity contribution in [2.24, 2.45) is 4.99 Å². The van der Waals surface area contributed by atoms with Gasteiger partial charge in [0.05, 0.1) is 6.26 Å². The van der Waals surface area contributed by atoms with E-state index >= 15 is 0 Å².